The number of methoxy groups -OCH3 is 1. The zero-order valence-electron chi connectivity index (χ0n) is 20.2. The molecule has 0 aromatic heterocycles. The van der Waals surface area contributed by atoms with Gasteiger partial charge in [-0.15, -0.1) is 0 Å². The van der Waals surface area contributed by atoms with E-state index in [-0.39, 0.29) is 0 Å². The first-order valence-electron chi connectivity index (χ1n) is 11.9. The molecule has 0 bridgehead atoms. The van der Waals surface area contributed by atoms with Gasteiger partial charge in [0.25, 0.3) is 0 Å². The number of nitrogens with zero attached hydrogens (tertiary/aromatic N) is 1. The maximum Gasteiger partial charge on any atom is 0.414 e. The van der Waals surface area contributed by atoms with E-state index < -0.39 is 11.9 Å². The van der Waals surface area contributed by atoms with Crippen molar-refractivity contribution in [3.63, 3.8) is 0 Å². The van der Waals surface area contributed by atoms with Crippen molar-refractivity contribution >= 4 is 11.9 Å². The molecule has 0 unspecified atom stereocenters. The van der Waals surface area contributed by atoms with Crippen LogP contribution in [0.3, 0.4) is 0 Å². The first-order chi connectivity index (χ1) is 16.4. The lowest BCUT2D eigenvalue weighted by molar-refractivity contribution is -0.159. The van der Waals surface area contributed by atoms with Gasteiger partial charge in [-0.25, -0.2) is 9.59 Å². The molecule has 1 aliphatic rings. The van der Waals surface area contributed by atoms with Gasteiger partial charge in [0.1, 0.15) is 5.75 Å². The van der Waals surface area contributed by atoms with Gasteiger partial charge in [0, 0.05) is 13.7 Å². The minimum absolute atomic E-state index is 0.333. The fraction of sp³-hybridized carbons (Fsp3) is 0.481. The van der Waals surface area contributed by atoms with Crippen molar-refractivity contribution in [3.05, 3.63) is 54.6 Å². The highest BCUT2D eigenvalue weighted by Gasteiger charge is 2.28. The molecule has 1 fully saturated rings. The van der Waals surface area contributed by atoms with Crippen LogP contribution in [0.5, 0.6) is 5.75 Å². The first kappa shape index (κ1) is 27.3. The fourth-order valence-corrected chi connectivity index (χ4v) is 4.12. The Kier molecular flexibility index (Phi) is 12.1. The average Bonchev–Trinajstić information content (AvgIpc) is 2.86. The highest BCUT2D eigenvalue weighted by atomic mass is 16.5. The SMILES string of the molecule is CCCCCN1CC[C@H](CCOc2ccc(-c3ccccc3)cc2)[C@H](OC)C1.O=C(O)C(=O)O. The molecule has 2 aromatic carbocycles. The zero-order valence-corrected chi connectivity index (χ0v) is 20.2. The number of benzene rings is 2. The maximum atomic E-state index is 9.10. The van der Waals surface area contributed by atoms with Gasteiger partial charge in [-0.3, -0.25) is 0 Å². The van der Waals surface area contributed by atoms with Gasteiger partial charge >= 0.3 is 11.9 Å². The Balaban J connectivity index is 0.000000604. The van der Waals surface area contributed by atoms with Crippen LogP contribution in [0, 0.1) is 5.92 Å². The maximum absolute atomic E-state index is 9.10. The van der Waals surface area contributed by atoms with Crippen molar-refractivity contribution in [2.24, 2.45) is 5.92 Å². The number of carboxylic acid groups (broad SMARTS) is 2. The Labute approximate surface area is 202 Å². The predicted octanol–water partition coefficient (Wildman–Crippen LogP) is 4.81. The van der Waals surface area contributed by atoms with E-state index >= 15 is 0 Å². The quantitative estimate of drug-likeness (QED) is 0.379. The van der Waals surface area contributed by atoms with Gasteiger partial charge in [0.05, 0.1) is 12.7 Å². The second kappa shape index (κ2) is 15.1. The van der Waals surface area contributed by atoms with Crippen molar-refractivity contribution in [3.8, 4) is 16.9 Å². The molecule has 186 valence electrons. The number of rotatable bonds is 10. The second-order valence-corrected chi connectivity index (χ2v) is 8.47. The molecule has 3 rings (SSSR count). The van der Waals surface area contributed by atoms with Gasteiger partial charge in [0.15, 0.2) is 0 Å². The molecule has 34 heavy (non-hydrogen) atoms. The number of aliphatic carboxylic acids is 2. The van der Waals surface area contributed by atoms with Gasteiger partial charge in [0.2, 0.25) is 0 Å². The van der Waals surface area contributed by atoms with E-state index in [0.717, 1.165) is 25.3 Å². The molecule has 2 atom stereocenters. The molecule has 1 heterocycles. The number of ether oxygens (including phenoxy) is 2. The van der Waals surface area contributed by atoms with E-state index in [4.69, 9.17) is 29.3 Å². The number of piperidine rings is 1. The van der Waals surface area contributed by atoms with Crippen LogP contribution in [-0.4, -0.2) is 66.5 Å². The lowest BCUT2D eigenvalue weighted by Gasteiger charge is -2.37. The van der Waals surface area contributed by atoms with Crippen LogP contribution in [0.1, 0.15) is 39.0 Å². The molecule has 2 N–H and O–H groups in total. The topological polar surface area (TPSA) is 96.3 Å². The van der Waals surface area contributed by atoms with Crippen LogP contribution in [0.25, 0.3) is 11.1 Å². The van der Waals surface area contributed by atoms with Crippen molar-refractivity contribution in [2.75, 3.05) is 33.4 Å². The molecule has 0 saturated carbocycles. The van der Waals surface area contributed by atoms with Crippen molar-refractivity contribution < 1.29 is 29.3 Å². The standard InChI is InChI=1S/C25H35NO2.C2H2O4/c1-3-4-8-17-26-18-15-23(25(20-26)27-2)16-19-28-24-13-11-22(12-14-24)21-9-6-5-7-10-21;3-1(4)2(5)6/h5-7,9-14,23,25H,3-4,8,15-20H2,1-2H3;(H,3,4)(H,5,6)/t23-,25-;/m1./s1. The summed E-state index contributed by atoms with van der Waals surface area (Å²) in [5.41, 5.74) is 2.46. The Hall–Kier alpha value is -2.90. The van der Waals surface area contributed by atoms with Crippen LogP contribution in [0.2, 0.25) is 0 Å². The van der Waals surface area contributed by atoms with Gasteiger partial charge < -0.3 is 24.6 Å². The molecule has 0 amide bonds. The highest BCUT2D eigenvalue weighted by molar-refractivity contribution is 6.27. The summed E-state index contributed by atoms with van der Waals surface area (Å²) < 4.78 is 11.8. The summed E-state index contributed by atoms with van der Waals surface area (Å²) in [7, 11) is 1.86. The molecule has 7 nitrogen and oxygen atoms in total. The summed E-state index contributed by atoms with van der Waals surface area (Å²) >= 11 is 0. The molecule has 2 aromatic rings. The third-order valence-corrected chi connectivity index (χ3v) is 6.06. The van der Waals surface area contributed by atoms with Crippen LogP contribution < -0.4 is 4.74 Å². The summed E-state index contributed by atoms with van der Waals surface area (Å²) in [5.74, 6) is -2.10. The molecule has 0 radical (unpaired) electrons. The van der Waals surface area contributed by atoms with Gasteiger partial charge in [-0.2, -0.15) is 0 Å². The molecular weight excluding hydrogens is 434 g/mol. The lowest BCUT2D eigenvalue weighted by atomic mass is 9.90. The molecule has 1 aliphatic heterocycles. The number of hydrogen-bond acceptors (Lipinski definition) is 5. The number of carbonyl (C=O) groups is 2. The van der Waals surface area contributed by atoms with Crippen LogP contribution in [-0.2, 0) is 14.3 Å². The second-order valence-electron chi connectivity index (χ2n) is 8.47. The Bertz CT molecular complexity index is 843. The van der Waals surface area contributed by atoms with Crippen molar-refractivity contribution in [2.45, 2.75) is 45.1 Å². The number of unbranched alkanes of at least 4 members (excludes halogenated alkanes) is 2. The van der Waals surface area contributed by atoms with E-state index in [1.165, 1.54) is 49.9 Å². The normalized spacial score (nSPS) is 17.9. The third kappa shape index (κ3) is 9.53. The molecule has 0 aliphatic carbocycles. The Morgan fingerprint density at radius 1 is 0.971 bits per heavy atom. The summed E-state index contributed by atoms with van der Waals surface area (Å²) in [5, 5.41) is 14.8. The van der Waals surface area contributed by atoms with E-state index in [2.05, 4.69) is 60.4 Å². The van der Waals surface area contributed by atoms with Crippen molar-refractivity contribution in [1.29, 1.82) is 0 Å². The number of carboxylic acids is 2. The lowest BCUT2D eigenvalue weighted by Crippen LogP contribution is -2.45. The van der Waals surface area contributed by atoms with Crippen LogP contribution in [0.15, 0.2) is 54.6 Å². The highest BCUT2D eigenvalue weighted by Crippen LogP contribution is 2.25. The van der Waals surface area contributed by atoms with Gasteiger partial charge in [-0.05, 0) is 61.5 Å². The summed E-state index contributed by atoms with van der Waals surface area (Å²) in [6.45, 7) is 6.49. The molecule has 0 spiro atoms. The van der Waals surface area contributed by atoms with E-state index in [9.17, 15) is 0 Å². The molecule has 7 heteroatoms. The van der Waals surface area contributed by atoms with E-state index in [1.54, 1.807) is 0 Å². The fourth-order valence-electron chi connectivity index (χ4n) is 4.12. The van der Waals surface area contributed by atoms with E-state index in [0.29, 0.717) is 12.0 Å². The minimum Gasteiger partial charge on any atom is -0.494 e. The van der Waals surface area contributed by atoms with Crippen molar-refractivity contribution in [1.82, 2.24) is 4.90 Å². The number of likely N-dealkylation sites (tertiary alicyclic amines) is 1. The average molecular weight is 472 g/mol. The monoisotopic (exact) mass is 471 g/mol. The zero-order chi connectivity index (χ0) is 24.8. The molecular formula is C27H37NO6. The first-order valence-corrected chi connectivity index (χ1v) is 11.9. The smallest absolute Gasteiger partial charge is 0.414 e. The van der Waals surface area contributed by atoms with Gasteiger partial charge in [-0.1, -0.05) is 62.2 Å². The van der Waals surface area contributed by atoms with Crippen LogP contribution >= 0.6 is 0 Å². The van der Waals surface area contributed by atoms with Crippen LogP contribution in [0.4, 0.5) is 0 Å². The largest absolute Gasteiger partial charge is 0.494 e. The summed E-state index contributed by atoms with van der Waals surface area (Å²) in [6.07, 6.45) is 6.52. The van der Waals surface area contributed by atoms with E-state index in [1.807, 2.05) is 13.2 Å². The Morgan fingerprint density at radius 3 is 2.21 bits per heavy atom. The third-order valence-electron chi connectivity index (χ3n) is 6.06. The minimum atomic E-state index is -1.82. The summed E-state index contributed by atoms with van der Waals surface area (Å²) in [6, 6.07) is 18.9. The summed E-state index contributed by atoms with van der Waals surface area (Å²) in [4.78, 5) is 20.8. The molecule has 1 saturated heterocycles. The predicted molar refractivity (Wildman–Crippen MR) is 132 cm³/mol. The number of hydrogen-bond donors (Lipinski definition) is 2. The Morgan fingerprint density at radius 2 is 1.62 bits per heavy atom.